The minimum absolute atomic E-state index is 0.00523. The quantitative estimate of drug-likeness (QED) is 0.727. The number of hydrogen-bond donors (Lipinski definition) is 0. The maximum absolute atomic E-state index is 11.8. The molecule has 1 amide bonds. The second-order valence-corrected chi connectivity index (χ2v) is 7.17. The van der Waals surface area contributed by atoms with Crippen LogP contribution in [0.5, 0.6) is 0 Å². The second-order valence-electron chi connectivity index (χ2n) is 3.30. The fourth-order valence-electron chi connectivity index (χ4n) is 1.34. The Hall–Kier alpha value is -0.730. The van der Waals surface area contributed by atoms with Gasteiger partial charge in [0.05, 0.1) is 11.5 Å². The highest BCUT2D eigenvalue weighted by Gasteiger charge is 2.27. The third-order valence-corrected chi connectivity index (χ3v) is 4.83. The van der Waals surface area contributed by atoms with E-state index in [2.05, 4.69) is 10.2 Å². The van der Waals surface area contributed by atoms with E-state index in [0.717, 1.165) is 11.3 Å². The van der Waals surface area contributed by atoms with E-state index < -0.39 is 9.84 Å². The highest BCUT2D eigenvalue weighted by Crippen LogP contribution is 2.17. The SMILES string of the molecule is O=C(c1nnc(Cl)s1)N1CCS(=O)(=O)CC1. The van der Waals surface area contributed by atoms with Gasteiger partial charge in [0.1, 0.15) is 0 Å². The van der Waals surface area contributed by atoms with Crippen LogP contribution in [-0.2, 0) is 9.84 Å². The number of carbonyl (C=O) groups is 1. The Morgan fingerprint density at radius 1 is 1.31 bits per heavy atom. The topological polar surface area (TPSA) is 80.2 Å². The first-order valence-corrected chi connectivity index (χ1v) is 7.48. The molecule has 1 fully saturated rings. The Morgan fingerprint density at radius 3 is 2.44 bits per heavy atom. The fraction of sp³-hybridized carbons (Fsp3) is 0.571. The largest absolute Gasteiger partial charge is 0.334 e. The maximum Gasteiger partial charge on any atom is 0.284 e. The highest BCUT2D eigenvalue weighted by molar-refractivity contribution is 7.91. The van der Waals surface area contributed by atoms with Gasteiger partial charge in [0, 0.05) is 13.1 Å². The zero-order chi connectivity index (χ0) is 11.8. The number of rotatable bonds is 1. The van der Waals surface area contributed by atoms with Crippen LogP contribution in [-0.4, -0.2) is 54.0 Å². The zero-order valence-corrected chi connectivity index (χ0v) is 10.5. The standard InChI is InChI=1S/C7H8ClN3O3S2/c8-7-10-9-5(15-7)6(12)11-1-3-16(13,14)4-2-11/h1-4H2. The lowest BCUT2D eigenvalue weighted by atomic mass is 10.4. The lowest BCUT2D eigenvalue weighted by molar-refractivity contribution is 0.0769. The van der Waals surface area contributed by atoms with Gasteiger partial charge < -0.3 is 4.90 Å². The summed E-state index contributed by atoms with van der Waals surface area (Å²) in [5.74, 6) is -0.296. The van der Waals surface area contributed by atoms with Crippen LogP contribution in [0.4, 0.5) is 0 Å². The van der Waals surface area contributed by atoms with Crippen LogP contribution in [0.3, 0.4) is 0 Å². The molecule has 2 heterocycles. The smallest absolute Gasteiger partial charge is 0.284 e. The number of hydrogen-bond acceptors (Lipinski definition) is 6. The molecule has 0 spiro atoms. The molecule has 0 saturated carbocycles. The molecule has 0 aromatic carbocycles. The molecule has 6 nitrogen and oxygen atoms in total. The van der Waals surface area contributed by atoms with Gasteiger partial charge in [0.25, 0.3) is 5.91 Å². The van der Waals surface area contributed by atoms with Gasteiger partial charge in [-0.3, -0.25) is 4.79 Å². The first kappa shape index (κ1) is 11.7. The van der Waals surface area contributed by atoms with Gasteiger partial charge >= 0.3 is 0 Å². The van der Waals surface area contributed by atoms with E-state index in [4.69, 9.17) is 11.6 Å². The molecule has 16 heavy (non-hydrogen) atoms. The number of nitrogens with zero attached hydrogens (tertiary/aromatic N) is 3. The number of carbonyl (C=O) groups excluding carboxylic acids is 1. The van der Waals surface area contributed by atoms with Crippen molar-refractivity contribution in [2.45, 2.75) is 0 Å². The molecule has 88 valence electrons. The van der Waals surface area contributed by atoms with E-state index >= 15 is 0 Å². The molecule has 0 unspecified atom stereocenters. The average molecular weight is 282 g/mol. The minimum Gasteiger partial charge on any atom is -0.334 e. The lowest BCUT2D eigenvalue weighted by Gasteiger charge is -2.25. The molecule has 0 radical (unpaired) electrons. The number of halogens is 1. The predicted molar refractivity (Wildman–Crippen MR) is 59.5 cm³/mol. The normalized spacial score (nSPS) is 19.7. The summed E-state index contributed by atoms with van der Waals surface area (Å²) < 4.78 is 22.6. The van der Waals surface area contributed by atoms with Crippen LogP contribution in [0, 0.1) is 0 Å². The Morgan fingerprint density at radius 2 is 1.94 bits per heavy atom. The molecule has 1 saturated heterocycles. The van der Waals surface area contributed by atoms with Crippen molar-refractivity contribution in [2.75, 3.05) is 24.6 Å². The summed E-state index contributed by atoms with van der Waals surface area (Å²) in [6, 6.07) is 0. The Labute approximate surface area is 101 Å². The van der Waals surface area contributed by atoms with E-state index in [1.54, 1.807) is 0 Å². The van der Waals surface area contributed by atoms with Crippen LogP contribution in [0.25, 0.3) is 0 Å². The van der Waals surface area contributed by atoms with E-state index in [0.29, 0.717) is 0 Å². The fourth-order valence-corrected chi connectivity index (χ4v) is 3.34. The Bertz CT molecular complexity index is 499. The summed E-state index contributed by atoms with van der Waals surface area (Å²) in [5, 5.41) is 7.35. The third kappa shape index (κ3) is 2.50. The summed E-state index contributed by atoms with van der Waals surface area (Å²) in [5.41, 5.74) is 0. The summed E-state index contributed by atoms with van der Waals surface area (Å²) in [6.07, 6.45) is 0. The predicted octanol–water partition coefficient (Wildman–Crippen LogP) is 0.0621. The molecule has 1 aliphatic rings. The van der Waals surface area contributed by atoms with Gasteiger partial charge in [-0.05, 0) is 11.6 Å². The summed E-state index contributed by atoms with van der Waals surface area (Å²) in [7, 11) is -2.98. The Kier molecular flexibility index (Phi) is 3.13. The molecule has 1 aromatic heterocycles. The molecular formula is C7H8ClN3O3S2. The van der Waals surface area contributed by atoms with Crippen molar-refractivity contribution in [3.8, 4) is 0 Å². The molecule has 2 rings (SSSR count). The van der Waals surface area contributed by atoms with Crippen molar-refractivity contribution < 1.29 is 13.2 Å². The number of sulfone groups is 1. The first-order valence-electron chi connectivity index (χ1n) is 4.47. The van der Waals surface area contributed by atoms with Crippen molar-refractivity contribution in [3.63, 3.8) is 0 Å². The maximum atomic E-state index is 11.8. The van der Waals surface area contributed by atoms with Gasteiger partial charge in [-0.25, -0.2) is 8.42 Å². The molecule has 1 aliphatic heterocycles. The van der Waals surface area contributed by atoms with Crippen LogP contribution in [0.1, 0.15) is 9.80 Å². The van der Waals surface area contributed by atoms with Crippen molar-refractivity contribution in [1.82, 2.24) is 15.1 Å². The van der Waals surface area contributed by atoms with Crippen LogP contribution < -0.4 is 0 Å². The van der Waals surface area contributed by atoms with Crippen molar-refractivity contribution >= 4 is 38.7 Å². The number of amides is 1. The van der Waals surface area contributed by atoms with Crippen molar-refractivity contribution in [1.29, 1.82) is 0 Å². The zero-order valence-electron chi connectivity index (χ0n) is 8.09. The molecule has 0 N–H and O–H groups in total. The van der Waals surface area contributed by atoms with Crippen LogP contribution in [0.15, 0.2) is 0 Å². The van der Waals surface area contributed by atoms with Gasteiger partial charge in [0.15, 0.2) is 9.84 Å². The summed E-state index contributed by atoms with van der Waals surface area (Å²) >= 11 is 6.56. The van der Waals surface area contributed by atoms with Gasteiger partial charge in [-0.2, -0.15) is 0 Å². The van der Waals surface area contributed by atoms with E-state index in [1.165, 1.54) is 4.90 Å². The second kappa shape index (κ2) is 4.27. The van der Waals surface area contributed by atoms with Gasteiger partial charge in [0.2, 0.25) is 9.47 Å². The highest BCUT2D eigenvalue weighted by atomic mass is 35.5. The average Bonchev–Trinajstić information content (AvgIpc) is 2.64. The first-order chi connectivity index (χ1) is 7.48. The molecule has 0 bridgehead atoms. The summed E-state index contributed by atoms with van der Waals surface area (Å²) in [6.45, 7) is 0.413. The number of aromatic nitrogens is 2. The van der Waals surface area contributed by atoms with E-state index in [9.17, 15) is 13.2 Å². The van der Waals surface area contributed by atoms with Gasteiger partial charge in [-0.15, -0.1) is 10.2 Å². The van der Waals surface area contributed by atoms with Crippen LogP contribution in [0.2, 0.25) is 4.47 Å². The van der Waals surface area contributed by atoms with Gasteiger partial charge in [-0.1, -0.05) is 11.3 Å². The lowest BCUT2D eigenvalue weighted by Crippen LogP contribution is -2.43. The van der Waals surface area contributed by atoms with Crippen LogP contribution >= 0.6 is 22.9 Å². The monoisotopic (exact) mass is 281 g/mol. The summed E-state index contributed by atoms with van der Waals surface area (Å²) in [4.78, 5) is 13.3. The molecule has 1 aromatic rings. The molecule has 9 heteroatoms. The third-order valence-electron chi connectivity index (χ3n) is 2.21. The Balaban J connectivity index is 2.07. The molecule has 0 atom stereocenters. The molecule has 0 aliphatic carbocycles. The van der Waals surface area contributed by atoms with Crippen molar-refractivity contribution in [3.05, 3.63) is 9.47 Å². The van der Waals surface area contributed by atoms with Crippen molar-refractivity contribution in [2.24, 2.45) is 0 Å². The van der Waals surface area contributed by atoms with E-state index in [-0.39, 0.29) is 40.0 Å². The van der Waals surface area contributed by atoms with E-state index in [1.807, 2.05) is 0 Å². The molecular weight excluding hydrogens is 274 g/mol. The minimum atomic E-state index is -2.98.